The second kappa shape index (κ2) is 12.2. The van der Waals surface area contributed by atoms with Crippen molar-refractivity contribution in [1.82, 2.24) is 19.9 Å². The van der Waals surface area contributed by atoms with E-state index < -0.39 is 5.41 Å². The molecule has 3 aromatic heterocycles. The Hall–Kier alpha value is -4.96. The Morgan fingerprint density at radius 1 is 0.633 bits per heavy atom. The summed E-state index contributed by atoms with van der Waals surface area (Å²) in [7, 11) is 0. The minimum Gasteiger partial charge on any atom is -0.355 e. The van der Waals surface area contributed by atoms with E-state index in [-0.39, 0.29) is 0 Å². The highest BCUT2D eigenvalue weighted by atomic mass is 14.8. The average Bonchev–Trinajstić information content (AvgIpc) is 3.72. The molecule has 7 rings (SSSR count). The minimum atomic E-state index is -0.437. The molecule has 5 heterocycles. The maximum atomic E-state index is 5.59. The molecule has 0 fully saturated rings. The van der Waals surface area contributed by atoms with Gasteiger partial charge in [-0.25, -0.2) is 4.98 Å². The molecule has 248 valence electrons. The van der Waals surface area contributed by atoms with Crippen molar-refractivity contribution in [2.75, 3.05) is 0 Å². The summed E-state index contributed by atoms with van der Waals surface area (Å²) < 4.78 is 0. The summed E-state index contributed by atoms with van der Waals surface area (Å²) in [6.07, 6.45) is 2.67. The maximum Gasteiger partial charge on any atom is 0.0769 e. The summed E-state index contributed by atoms with van der Waals surface area (Å²) in [5, 5.41) is 0. The van der Waals surface area contributed by atoms with Gasteiger partial charge in [-0.1, -0.05) is 80.1 Å². The van der Waals surface area contributed by atoms with Crippen LogP contribution >= 0.6 is 0 Å². The lowest BCUT2D eigenvalue weighted by molar-refractivity contribution is 0.615. The molecule has 0 radical (unpaired) electrons. The molecule has 5 aromatic rings. The van der Waals surface area contributed by atoms with Crippen LogP contribution in [0.2, 0.25) is 0 Å². The fourth-order valence-electron chi connectivity index (χ4n) is 7.81. The fourth-order valence-corrected chi connectivity index (χ4v) is 7.81. The lowest BCUT2D eigenvalue weighted by atomic mass is 9.74. The van der Waals surface area contributed by atoms with Gasteiger partial charge >= 0.3 is 0 Å². The van der Waals surface area contributed by atoms with E-state index in [1.54, 1.807) is 0 Å². The number of aromatic nitrogens is 4. The standard InChI is InChI=1S/C45H48N4/c1-11-34-29(7)37-21-36-27(5)28(6)43(48-36)42(33-19-15-26(4)16-20-33)44-31(9)45(10,24-32-17-13-25(3)14-18-32)41(49-44)23-38-30(8)35(12-2)40(47-38)22-39(34)46-37/h13-23,46-47H,9,11-12,24H2,1-8,10H3. The highest BCUT2D eigenvalue weighted by Crippen LogP contribution is 2.48. The highest BCUT2D eigenvalue weighted by molar-refractivity contribution is 5.98. The molecule has 2 aliphatic heterocycles. The van der Waals surface area contributed by atoms with Gasteiger partial charge in [0, 0.05) is 33.0 Å². The molecule has 2 N–H and O–H groups in total. The van der Waals surface area contributed by atoms with E-state index in [0.29, 0.717) is 0 Å². The number of hydrogen-bond acceptors (Lipinski definition) is 2. The number of aryl methyl sites for hydroxylation is 6. The molecule has 1 unspecified atom stereocenters. The normalized spacial score (nSPS) is 16.1. The van der Waals surface area contributed by atoms with E-state index in [1.165, 1.54) is 50.1 Å². The van der Waals surface area contributed by atoms with Crippen molar-refractivity contribution in [3.05, 3.63) is 135 Å². The van der Waals surface area contributed by atoms with Gasteiger partial charge in [-0.15, -0.1) is 0 Å². The summed E-state index contributed by atoms with van der Waals surface area (Å²) in [6.45, 7) is 24.8. The zero-order chi connectivity index (χ0) is 34.8. The number of H-pyrrole nitrogens is 2. The topological polar surface area (TPSA) is 57.4 Å². The van der Waals surface area contributed by atoms with E-state index in [2.05, 4.69) is 139 Å². The van der Waals surface area contributed by atoms with Crippen molar-refractivity contribution in [3.63, 3.8) is 0 Å². The minimum absolute atomic E-state index is 0.437. The molecule has 4 heteroatoms. The number of benzene rings is 2. The Kier molecular flexibility index (Phi) is 8.10. The third kappa shape index (κ3) is 5.38. The van der Waals surface area contributed by atoms with Crippen LogP contribution in [0.3, 0.4) is 0 Å². The molecule has 4 nitrogen and oxygen atoms in total. The lowest BCUT2D eigenvalue weighted by Crippen LogP contribution is -2.23. The first-order valence-corrected chi connectivity index (χ1v) is 17.7. The first kappa shape index (κ1) is 32.6. The Balaban J connectivity index is 1.67. The summed E-state index contributed by atoms with van der Waals surface area (Å²) in [6, 6.07) is 24.5. The first-order chi connectivity index (χ1) is 23.4. The van der Waals surface area contributed by atoms with Crippen LogP contribution in [0.15, 0.2) is 73.3 Å². The maximum absolute atomic E-state index is 5.59. The van der Waals surface area contributed by atoms with Crippen molar-refractivity contribution in [1.29, 1.82) is 0 Å². The van der Waals surface area contributed by atoms with Gasteiger partial charge in [0.2, 0.25) is 0 Å². The number of aromatic amines is 2. The predicted molar refractivity (Wildman–Crippen MR) is 209 cm³/mol. The molecule has 0 amide bonds. The van der Waals surface area contributed by atoms with Crippen LogP contribution in [0.25, 0.3) is 49.9 Å². The molecule has 2 aromatic carbocycles. The molecule has 0 saturated carbocycles. The number of allylic oxidation sites excluding steroid dienone is 3. The zero-order valence-corrected chi connectivity index (χ0v) is 30.6. The first-order valence-electron chi connectivity index (χ1n) is 17.7. The summed E-state index contributed by atoms with van der Waals surface area (Å²) in [4.78, 5) is 18.7. The van der Waals surface area contributed by atoms with Gasteiger partial charge in [0.15, 0.2) is 0 Å². The molecule has 49 heavy (non-hydrogen) atoms. The molecule has 1 atom stereocenters. The average molecular weight is 645 g/mol. The number of hydrogen-bond donors (Lipinski definition) is 2. The number of nitrogens with zero attached hydrogens (tertiary/aromatic N) is 2. The van der Waals surface area contributed by atoms with Gasteiger partial charge in [-0.05, 0) is 136 Å². The number of fused-ring (bicyclic) bond motifs is 8. The van der Waals surface area contributed by atoms with Crippen LogP contribution in [0, 0.1) is 27.7 Å². The largest absolute Gasteiger partial charge is 0.355 e. The Morgan fingerprint density at radius 3 is 1.76 bits per heavy atom. The van der Waals surface area contributed by atoms with Gasteiger partial charge in [-0.3, -0.25) is 4.98 Å². The zero-order valence-electron chi connectivity index (χ0n) is 30.6. The van der Waals surface area contributed by atoms with Crippen LogP contribution in [-0.4, -0.2) is 19.9 Å². The molecular formula is C45H48N4. The van der Waals surface area contributed by atoms with E-state index in [0.717, 1.165) is 80.8 Å². The van der Waals surface area contributed by atoms with Crippen molar-refractivity contribution in [3.8, 4) is 11.1 Å². The van der Waals surface area contributed by atoms with Gasteiger partial charge < -0.3 is 9.97 Å². The van der Waals surface area contributed by atoms with Crippen molar-refractivity contribution in [2.24, 2.45) is 0 Å². The van der Waals surface area contributed by atoms with Crippen LogP contribution in [-0.2, 0) is 24.7 Å². The Bertz CT molecular complexity index is 2340. The Morgan fingerprint density at radius 2 is 1.18 bits per heavy atom. The van der Waals surface area contributed by atoms with Crippen molar-refractivity contribution >= 4 is 38.8 Å². The van der Waals surface area contributed by atoms with E-state index in [1.807, 2.05) is 0 Å². The van der Waals surface area contributed by atoms with E-state index >= 15 is 0 Å². The SMILES string of the molecule is C=C1c2nc(cc3[nH]c(cc4[nH]c(cc5nc(c2-c2ccc(C)cc2)C(C)=C5C)c(C)c4CC)c(CC)c3C)C1(C)Cc1ccc(C)cc1. The van der Waals surface area contributed by atoms with E-state index in [9.17, 15) is 0 Å². The van der Waals surface area contributed by atoms with Crippen LogP contribution in [0.1, 0.15) is 96.3 Å². The smallest absolute Gasteiger partial charge is 0.0769 e. The summed E-state index contributed by atoms with van der Waals surface area (Å²) in [5.74, 6) is 0. The molecular weight excluding hydrogens is 597 g/mol. The van der Waals surface area contributed by atoms with Crippen LogP contribution < -0.4 is 0 Å². The number of rotatable bonds is 5. The third-order valence-electron chi connectivity index (χ3n) is 11.2. The van der Waals surface area contributed by atoms with Gasteiger partial charge in [0.05, 0.1) is 22.8 Å². The molecule has 0 saturated heterocycles. The second-order valence-electron chi connectivity index (χ2n) is 14.4. The van der Waals surface area contributed by atoms with Crippen molar-refractivity contribution < 1.29 is 0 Å². The third-order valence-corrected chi connectivity index (χ3v) is 11.2. The highest BCUT2D eigenvalue weighted by Gasteiger charge is 2.40. The molecule has 8 bridgehead atoms. The summed E-state index contributed by atoms with van der Waals surface area (Å²) in [5.41, 5.74) is 22.4. The molecule has 0 aliphatic carbocycles. The van der Waals surface area contributed by atoms with Gasteiger partial charge in [0.25, 0.3) is 0 Å². The quantitative estimate of drug-likeness (QED) is 0.200. The Labute approximate surface area is 291 Å². The van der Waals surface area contributed by atoms with Crippen LogP contribution in [0.5, 0.6) is 0 Å². The molecule has 2 aliphatic rings. The lowest BCUT2D eigenvalue weighted by Gasteiger charge is -2.26. The predicted octanol–water partition coefficient (Wildman–Crippen LogP) is 11.5. The van der Waals surface area contributed by atoms with Gasteiger partial charge in [-0.2, -0.15) is 0 Å². The van der Waals surface area contributed by atoms with E-state index in [4.69, 9.17) is 16.5 Å². The van der Waals surface area contributed by atoms with Crippen molar-refractivity contribution in [2.45, 2.75) is 87.0 Å². The fraction of sp³-hybridized carbons (Fsp3) is 0.289. The van der Waals surface area contributed by atoms with Crippen LogP contribution in [0.4, 0.5) is 0 Å². The second-order valence-corrected chi connectivity index (χ2v) is 14.4. The molecule has 0 spiro atoms. The monoisotopic (exact) mass is 644 g/mol. The summed E-state index contributed by atoms with van der Waals surface area (Å²) >= 11 is 0. The number of nitrogens with one attached hydrogen (secondary N) is 2. The van der Waals surface area contributed by atoms with Gasteiger partial charge in [0.1, 0.15) is 0 Å².